The summed E-state index contributed by atoms with van der Waals surface area (Å²) in [5.41, 5.74) is 1.08. The van der Waals surface area contributed by atoms with Crippen molar-refractivity contribution in [2.24, 2.45) is 0 Å². The summed E-state index contributed by atoms with van der Waals surface area (Å²) in [7, 11) is 0. The van der Waals surface area contributed by atoms with Crippen LogP contribution < -0.4 is 0 Å². The first-order chi connectivity index (χ1) is 8.70. The molecule has 0 aliphatic rings. The lowest BCUT2D eigenvalue weighted by molar-refractivity contribution is -0.136. The Morgan fingerprint density at radius 2 is 1.56 bits per heavy atom. The zero-order valence-corrected chi connectivity index (χ0v) is 12.3. The Balaban J connectivity index is 0. The molecule has 0 radical (unpaired) electrons. The number of unbranched alkanes of at least 4 members (excludes halogenated alkanes) is 2. The highest BCUT2D eigenvalue weighted by molar-refractivity contribution is 5.67. The normalized spacial score (nSPS) is 8.44. The average Bonchev–Trinajstić information content (AvgIpc) is 2.41. The van der Waals surface area contributed by atoms with Gasteiger partial charge in [0.15, 0.2) is 0 Å². The average molecular weight is 252 g/mol. The first-order valence-electron chi connectivity index (χ1n) is 6.96. The second kappa shape index (κ2) is 15.7. The van der Waals surface area contributed by atoms with Gasteiger partial charge in [0.1, 0.15) is 0 Å². The molecule has 104 valence electrons. The molecule has 0 unspecified atom stereocenters. The predicted molar refractivity (Wildman–Crippen MR) is 78.9 cm³/mol. The molecule has 1 aromatic carbocycles. The van der Waals surface area contributed by atoms with Gasteiger partial charge in [-0.3, -0.25) is 4.79 Å². The van der Waals surface area contributed by atoms with Crippen LogP contribution in [-0.2, 0) is 11.2 Å². The Bertz CT molecular complexity index is 266. The molecule has 1 N–H and O–H groups in total. The standard InChI is InChI=1S/C9H10O2.C5H12.C2H6/c10-9(11)7-6-8-4-2-1-3-5-8;1-3-5-4-2;1-2/h1-5H,6-7H2,(H,10,11);3-5H2,1-2H3;1-2H3. The number of rotatable bonds is 5. The van der Waals surface area contributed by atoms with Crippen molar-refractivity contribution in [2.45, 2.75) is 59.8 Å². The summed E-state index contributed by atoms with van der Waals surface area (Å²) in [6.45, 7) is 8.42. The van der Waals surface area contributed by atoms with E-state index in [1.54, 1.807) is 0 Å². The SMILES string of the molecule is CC.CCCCC.O=C(O)CCc1ccccc1. The van der Waals surface area contributed by atoms with Crippen molar-refractivity contribution >= 4 is 5.97 Å². The van der Waals surface area contributed by atoms with Crippen LogP contribution >= 0.6 is 0 Å². The second-order valence-corrected chi connectivity index (χ2v) is 3.73. The summed E-state index contributed by atoms with van der Waals surface area (Å²) in [5.74, 6) is -0.742. The molecule has 1 aromatic rings. The molecule has 0 aliphatic heterocycles. The van der Waals surface area contributed by atoms with E-state index >= 15 is 0 Å². The number of carboxylic acid groups (broad SMARTS) is 1. The summed E-state index contributed by atoms with van der Waals surface area (Å²) in [6, 6.07) is 9.62. The Hall–Kier alpha value is -1.31. The minimum absolute atomic E-state index is 0.212. The van der Waals surface area contributed by atoms with Crippen molar-refractivity contribution in [2.75, 3.05) is 0 Å². The molecule has 0 aliphatic carbocycles. The Kier molecular flexibility index (Phi) is 16.6. The molecule has 0 bridgehead atoms. The van der Waals surface area contributed by atoms with Crippen LogP contribution in [0.2, 0.25) is 0 Å². The van der Waals surface area contributed by atoms with Gasteiger partial charge in [0.2, 0.25) is 0 Å². The molecule has 2 nitrogen and oxygen atoms in total. The van der Waals surface area contributed by atoms with Gasteiger partial charge < -0.3 is 5.11 Å². The maximum absolute atomic E-state index is 10.2. The molecule has 0 spiro atoms. The van der Waals surface area contributed by atoms with E-state index in [4.69, 9.17) is 5.11 Å². The second-order valence-electron chi connectivity index (χ2n) is 3.73. The van der Waals surface area contributed by atoms with Crippen LogP contribution in [0, 0.1) is 0 Å². The van der Waals surface area contributed by atoms with Gasteiger partial charge in [-0.15, -0.1) is 0 Å². The summed E-state index contributed by atoms with van der Waals surface area (Å²) in [4.78, 5) is 10.2. The third kappa shape index (κ3) is 14.7. The highest BCUT2D eigenvalue weighted by Crippen LogP contribution is 2.01. The van der Waals surface area contributed by atoms with Crippen LogP contribution in [0.25, 0.3) is 0 Å². The molecule has 0 atom stereocenters. The van der Waals surface area contributed by atoms with Crippen molar-refractivity contribution in [1.29, 1.82) is 0 Å². The predicted octanol–water partition coefficient (Wildman–Crippen LogP) is 4.93. The summed E-state index contributed by atoms with van der Waals surface area (Å²) < 4.78 is 0. The highest BCUT2D eigenvalue weighted by atomic mass is 16.4. The molecule has 1 rings (SSSR count). The van der Waals surface area contributed by atoms with Crippen LogP contribution in [0.3, 0.4) is 0 Å². The fraction of sp³-hybridized carbons (Fsp3) is 0.562. The molecule has 0 fully saturated rings. The highest BCUT2D eigenvalue weighted by Gasteiger charge is 1.96. The van der Waals surface area contributed by atoms with Gasteiger partial charge in [-0.1, -0.05) is 77.3 Å². The van der Waals surface area contributed by atoms with Crippen molar-refractivity contribution in [3.05, 3.63) is 35.9 Å². The van der Waals surface area contributed by atoms with Crippen molar-refractivity contribution in [1.82, 2.24) is 0 Å². The van der Waals surface area contributed by atoms with Gasteiger partial charge in [-0.2, -0.15) is 0 Å². The van der Waals surface area contributed by atoms with Crippen LogP contribution in [0.5, 0.6) is 0 Å². The molecular weight excluding hydrogens is 224 g/mol. The van der Waals surface area contributed by atoms with Gasteiger partial charge in [0, 0.05) is 6.42 Å². The lowest BCUT2D eigenvalue weighted by Gasteiger charge is -1.95. The lowest BCUT2D eigenvalue weighted by Crippen LogP contribution is -1.96. The Labute approximate surface area is 112 Å². The summed E-state index contributed by atoms with van der Waals surface area (Å²) >= 11 is 0. The molecule has 0 saturated heterocycles. The van der Waals surface area contributed by atoms with Gasteiger partial charge in [-0.05, 0) is 12.0 Å². The number of benzene rings is 1. The van der Waals surface area contributed by atoms with E-state index in [1.807, 2.05) is 44.2 Å². The smallest absolute Gasteiger partial charge is 0.303 e. The first-order valence-corrected chi connectivity index (χ1v) is 6.96. The quantitative estimate of drug-likeness (QED) is 0.807. The van der Waals surface area contributed by atoms with Crippen LogP contribution in [0.4, 0.5) is 0 Å². The maximum Gasteiger partial charge on any atom is 0.303 e. The zero-order chi connectivity index (χ0) is 14.2. The Morgan fingerprint density at radius 1 is 1.06 bits per heavy atom. The molecule has 0 heterocycles. The zero-order valence-electron chi connectivity index (χ0n) is 12.3. The van der Waals surface area contributed by atoms with Gasteiger partial charge >= 0.3 is 5.97 Å². The molecule has 18 heavy (non-hydrogen) atoms. The topological polar surface area (TPSA) is 37.3 Å². The van der Waals surface area contributed by atoms with Crippen LogP contribution in [0.1, 0.15) is 58.9 Å². The van der Waals surface area contributed by atoms with Crippen LogP contribution in [-0.4, -0.2) is 11.1 Å². The van der Waals surface area contributed by atoms with Crippen molar-refractivity contribution < 1.29 is 9.90 Å². The van der Waals surface area contributed by atoms with Gasteiger partial charge in [0.05, 0.1) is 0 Å². The first kappa shape index (κ1) is 19.0. The number of hydrogen-bond donors (Lipinski definition) is 1. The lowest BCUT2D eigenvalue weighted by atomic mass is 10.1. The number of aliphatic carboxylic acids is 1. The van der Waals surface area contributed by atoms with Gasteiger partial charge in [0.25, 0.3) is 0 Å². The van der Waals surface area contributed by atoms with Gasteiger partial charge in [-0.25, -0.2) is 0 Å². The number of hydrogen-bond acceptors (Lipinski definition) is 1. The minimum atomic E-state index is -0.742. The van der Waals surface area contributed by atoms with E-state index in [0.717, 1.165) is 5.56 Å². The van der Waals surface area contributed by atoms with Crippen LogP contribution in [0.15, 0.2) is 30.3 Å². The molecule has 2 heteroatoms. The van der Waals surface area contributed by atoms with E-state index in [2.05, 4.69) is 13.8 Å². The largest absolute Gasteiger partial charge is 0.481 e. The minimum Gasteiger partial charge on any atom is -0.481 e. The maximum atomic E-state index is 10.2. The summed E-state index contributed by atoms with van der Waals surface area (Å²) in [6.07, 6.45) is 4.91. The Morgan fingerprint density at radius 3 is 1.89 bits per heavy atom. The van der Waals surface area contributed by atoms with E-state index < -0.39 is 5.97 Å². The van der Waals surface area contributed by atoms with E-state index in [1.165, 1.54) is 19.3 Å². The number of carbonyl (C=O) groups is 1. The van der Waals surface area contributed by atoms with E-state index in [9.17, 15) is 4.79 Å². The van der Waals surface area contributed by atoms with E-state index in [0.29, 0.717) is 6.42 Å². The van der Waals surface area contributed by atoms with Crippen molar-refractivity contribution in [3.8, 4) is 0 Å². The third-order valence-corrected chi connectivity index (χ3v) is 2.18. The number of aryl methyl sites for hydroxylation is 1. The fourth-order valence-electron chi connectivity index (χ4n) is 1.25. The molecular formula is C16H28O2. The monoisotopic (exact) mass is 252 g/mol. The molecule has 0 saturated carbocycles. The van der Waals surface area contributed by atoms with Crippen molar-refractivity contribution in [3.63, 3.8) is 0 Å². The molecule has 0 aromatic heterocycles. The number of carboxylic acids is 1. The summed E-state index contributed by atoms with van der Waals surface area (Å²) in [5, 5.41) is 8.37. The fourth-order valence-corrected chi connectivity index (χ4v) is 1.25. The molecule has 0 amide bonds. The third-order valence-electron chi connectivity index (χ3n) is 2.18. The van der Waals surface area contributed by atoms with E-state index in [-0.39, 0.29) is 6.42 Å².